The molecule has 4 nitrogen and oxygen atoms in total. The van der Waals surface area contributed by atoms with Crippen molar-refractivity contribution in [1.82, 2.24) is 15.0 Å². The zero-order valence-corrected chi connectivity index (χ0v) is 28.4. The molecule has 4 heterocycles. The van der Waals surface area contributed by atoms with Crippen LogP contribution in [-0.2, 0) is 39.2 Å². The van der Waals surface area contributed by atoms with Crippen molar-refractivity contribution in [1.29, 1.82) is 0 Å². The van der Waals surface area contributed by atoms with E-state index in [0.717, 1.165) is 11.3 Å². The molecule has 0 atom stereocenters. The van der Waals surface area contributed by atoms with Gasteiger partial charge >= 0.3 is 0 Å². The average Bonchev–Trinajstić information content (AvgIpc) is 3.56. The normalized spacial score (nSPS) is 16.4. The zero-order valence-electron chi connectivity index (χ0n) is 38.0. The molecule has 4 aromatic heterocycles. The van der Waals surface area contributed by atoms with Crippen LogP contribution in [0.5, 0.6) is 0 Å². The van der Waals surface area contributed by atoms with E-state index in [0.29, 0.717) is 21.9 Å². The van der Waals surface area contributed by atoms with Crippen LogP contribution < -0.4 is 0 Å². The van der Waals surface area contributed by atoms with Crippen LogP contribution in [0.1, 0.15) is 65.2 Å². The van der Waals surface area contributed by atoms with Crippen LogP contribution in [-0.4, -0.2) is 15.0 Å². The minimum absolute atomic E-state index is 0. The number of aromatic nitrogens is 3. The second kappa shape index (κ2) is 15.0. The Hall–Kier alpha value is -4.44. The predicted molar refractivity (Wildman–Crippen MR) is 189 cm³/mol. The molecule has 3 aromatic carbocycles. The molecule has 0 aliphatic rings. The summed E-state index contributed by atoms with van der Waals surface area (Å²) in [5.74, 6) is 0. The summed E-state index contributed by atoms with van der Waals surface area (Å²) in [5, 5.41) is 1.18. The van der Waals surface area contributed by atoms with Gasteiger partial charge in [-0.25, -0.2) is 4.98 Å². The maximum atomic E-state index is 8.82. The van der Waals surface area contributed by atoms with E-state index in [1.807, 2.05) is 18.2 Å². The van der Waals surface area contributed by atoms with Crippen molar-refractivity contribution in [2.75, 3.05) is 0 Å². The maximum Gasteiger partial charge on any atom is 0.216 e. The Kier molecular flexibility index (Phi) is 6.83. The number of aryl methyl sites for hydroxylation is 4. The van der Waals surface area contributed by atoms with E-state index in [1.165, 1.54) is 36.7 Å². The molecule has 0 spiro atoms. The summed E-state index contributed by atoms with van der Waals surface area (Å²) in [4.78, 5) is 12.9. The van der Waals surface area contributed by atoms with E-state index >= 15 is 0 Å². The number of furan rings is 1. The van der Waals surface area contributed by atoms with Gasteiger partial charge in [-0.3, -0.25) is 0 Å². The first-order valence-electron chi connectivity index (χ1n) is 20.7. The second-order valence-electron chi connectivity index (χ2n) is 11.6. The predicted octanol–water partition coefficient (Wildman–Crippen LogP) is 10.4. The SMILES string of the molecule is [2H]C([2H])([2H])c1ccc(-c2[c-]cccc2)nc1.[2H]C([2H])([2H])c1cnc(-c2[c-]ccc3c2oc2nc(C([2H])([2H])C([2H])([2H])c4ccccc4)ccc23)cc1C([2H])([2H])C(C)(C)C.[Ir]. The molecule has 1 radical (unpaired) electrons. The molecule has 7 aromatic rings. The minimum atomic E-state index is -2.58. The molecule has 7 rings (SSSR count). The molecular weight excluding hydrogens is 755 g/mol. The quantitative estimate of drug-likeness (QED) is 0.157. The van der Waals surface area contributed by atoms with Crippen molar-refractivity contribution in [3.05, 3.63) is 150 Å². The Labute approximate surface area is 308 Å². The first-order chi connectivity index (χ1) is 26.9. The van der Waals surface area contributed by atoms with Gasteiger partial charge in [-0.15, -0.1) is 54.1 Å². The fraction of sp³-hybridized carbons (Fsp3) is 0.214. The molecule has 0 bridgehead atoms. The number of pyridine rings is 3. The smallest absolute Gasteiger partial charge is 0.216 e. The van der Waals surface area contributed by atoms with Crippen molar-refractivity contribution in [3.63, 3.8) is 0 Å². The Balaban J connectivity index is 0.000000326. The third-order valence-corrected chi connectivity index (χ3v) is 6.83. The van der Waals surface area contributed by atoms with E-state index in [4.69, 9.17) is 20.9 Å². The summed E-state index contributed by atoms with van der Waals surface area (Å²) in [6.07, 6.45) is -4.35. The van der Waals surface area contributed by atoms with Gasteiger partial charge in [0.1, 0.15) is 0 Å². The third-order valence-electron chi connectivity index (χ3n) is 6.83. The molecule has 5 heteroatoms. The van der Waals surface area contributed by atoms with Crippen LogP contribution >= 0.6 is 0 Å². The van der Waals surface area contributed by atoms with Gasteiger partial charge in [0.05, 0.1) is 5.58 Å². The molecule has 0 N–H and O–H groups in total. The van der Waals surface area contributed by atoms with E-state index in [2.05, 4.69) is 27.1 Å². The third kappa shape index (κ3) is 8.48. The topological polar surface area (TPSA) is 51.8 Å². The first kappa shape index (κ1) is 21.4. The van der Waals surface area contributed by atoms with Gasteiger partial charge < -0.3 is 14.4 Å². The Bertz CT molecular complexity index is 2550. The van der Waals surface area contributed by atoms with E-state index in [9.17, 15) is 0 Å². The molecule has 47 heavy (non-hydrogen) atoms. The van der Waals surface area contributed by atoms with Gasteiger partial charge in [0.25, 0.3) is 0 Å². The van der Waals surface area contributed by atoms with Gasteiger partial charge in [-0.05, 0) is 78.4 Å². The first-order valence-corrected chi connectivity index (χ1v) is 14.7. The maximum absolute atomic E-state index is 8.82. The summed E-state index contributed by atoms with van der Waals surface area (Å²) in [6, 6.07) is 32.8. The van der Waals surface area contributed by atoms with Gasteiger partial charge in [0.15, 0.2) is 0 Å². The van der Waals surface area contributed by atoms with Crippen LogP contribution in [0.2, 0.25) is 0 Å². The van der Waals surface area contributed by atoms with Crippen LogP contribution in [0.3, 0.4) is 0 Å². The van der Waals surface area contributed by atoms with Crippen LogP contribution in [0.25, 0.3) is 44.6 Å². The summed E-state index contributed by atoms with van der Waals surface area (Å²) < 4.78 is 104. The van der Waals surface area contributed by atoms with Crippen molar-refractivity contribution in [3.8, 4) is 22.5 Å². The van der Waals surface area contributed by atoms with Gasteiger partial charge in [0, 0.05) is 60.0 Å². The van der Waals surface area contributed by atoms with Gasteiger partial charge in [0.2, 0.25) is 5.71 Å². The summed E-state index contributed by atoms with van der Waals surface area (Å²) in [5.41, 5.74) is 1.78. The Morgan fingerprint density at radius 3 is 2.34 bits per heavy atom. The van der Waals surface area contributed by atoms with Crippen molar-refractivity contribution in [2.45, 2.75) is 53.6 Å². The van der Waals surface area contributed by atoms with E-state index < -0.39 is 38.2 Å². The molecule has 0 aliphatic carbocycles. The molecule has 0 amide bonds. The van der Waals surface area contributed by atoms with Crippen molar-refractivity contribution in [2.24, 2.45) is 5.41 Å². The Morgan fingerprint density at radius 1 is 0.787 bits per heavy atom. The number of hydrogen-bond donors (Lipinski definition) is 0. The average molecular weight is 806 g/mol. The number of nitrogens with zero attached hydrogens (tertiary/aromatic N) is 3. The van der Waals surface area contributed by atoms with Gasteiger partial charge in [-0.2, -0.15) is 0 Å². The van der Waals surface area contributed by atoms with Crippen molar-refractivity contribution >= 4 is 22.1 Å². The van der Waals surface area contributed by atoms with Crippen LogP contribution in [0.4, 0.5) is 0 Å². The van der Waals surface area contributed by atoms with Crippen molar-refractivity contribution < 1.29 is 41.0 Å². The summed E-state index contributed by atoms with van der Waals surface area (Å²) in [7, 11) is 0. The summed E-state index contributed by atoms with van der Waals surface area (Å²) >= 11 is 0. The van der Waals surface area contributed by atoms with Crippen LogP contribution in [0.15, 0.2) is 114 Å². The molecule has 0 unspecified atom stereocenters. The number of benzene rings is 3. The number of rotatable bonds is 6. The van der Waals surface area contributed by atoms with E-state index in [-0.39, 0.29) is 59.5 Å². The number of hydrogen-bond acceptors (Lipinski definition) is 4. The molecule has 0 fully saturated rings. The Morgan fingerprint density at radius 2 is 1.62 bits per heavy atom. The standard InChI is InChI=1S/C30H29N2O.C12H10N.Ir/c1-20-19-31-27(17-22(20)18-30(2,3)4)26-12-8-11-24-25-16-15-23(32-29(25)33-28(24)26)14-13-21-9-6-5-7-10-21;1-10-7-8-12(13-9-10)11-5-3-2-4-6-11;/h5-11,15-17,19H,13-14,18H2,1-4H3;2-5,7-9H,1H3;/q2*-1;/i1D3,13D2,14D2,18D2;1D3;. The molecular formula is C42H39IrN3O-2. The molecule has 239 valence electrons. The summed E-state index contributed by atoms with van der Waals surface area (Å²) in [6.45, 7) is 0.421. The zero-order chi connectivity index (χ0) is 42.5. The van der Waals surface area contributed by atoms with Crippen LogP contribution in [0, 0.1) is 31.3 Å². The fourth-order valence-electron chi connectivity index (χ4n) is 4.75. The monoisotopic (exact) mass is 806 g/mol. The minimum Gasteiger partial charge on any atom is -0.486 e. The molecule has 0 saturated carbocycles. The number of fused-ring (bicyclic) bond motifs is 3. The second-order valence-corrected chi connectivity index (χ2v) is 11.6. The van der Waals surface area contributed by atoms with E-state index in [1.54, 1.807) is 75.4 Å². The fourth-order valence-corrected chi connectivity index (χ4v) is 4.75. The largest absolute Gasteiger partial charge is 0.486 e. The molecule has 0 aliphatic heterocycles. The van der Waals surface area contributed by atoms with Gasteiger partial charge in [-0.1, -0.05) is 85.8 Å². The molecule has 0 saturated heterocycles.